The molecule has 0 aromatic heterocycles. The Kier molecular flexibility index (Phi) is 4.11. The van der Waals surface area contributed by atoms with E-state index in [-0.39, 0.29) is 11.8 Å². The van der Waals surface area contributed by atoms with E-state index in [1.165, 1.54) is 16.9 Å². The van der Waals surface area contributed by atoms with E-state index in [9.17, 15) is 4.79 Å². The van der Waals surface area contributed by atoms with Crippen molar-refractivity contribution in [1.29, 1.82) is 0 Å². The molecule has 1 aliphatic heterocycles. The molecule has 92 valence electrons. The molecule has 0 aliphatic carbocycles. The van der Waals surface area contributed by atoms with Crippen molar-refractivity contribution < 1.29 is 4.79 Å². The summed E-state index contributed by atoms with van der Waals surface area (Å²) in [6.45, 7) is 4.13. The molecule has 1 saturated heterocycles. The van der Waals surface area contributed by atoms with Crippen LogP contribution in [-0.4, -0.2) is 17.4 Å². The maximum Gasteiger partial charge on any atom is 0.228 e. The fourth-order valence-corrected chi connectivity index (χ4v) is 3.21. The lowest BCUT2D eigenvalue weighted by atomic mass is 10.0. The number of anilines is 1. The molecule has 1 fully saturated rings. The number of nitrogens with one attached hydrogen (secondary N) is 1. The standard InChI is InChI=1S/C14H19NOS/c1-10-5-3-7-13(11(10)2)15-14(16)12-6-4-8-17-9-12/h3,5,7,12H,4,6,8-9H2,1-2H3,(H,15,16). The van der Waals surface area contributed by atoms with Crippen molar-refractivity contribution in [2.75, 3.05) is 16.8 Å². The van der Waals surface area contributed by atoms with E-state index in [1.807, 2.05) is 23.9 Å². The number of aryl methyl sites for hydroxylation is 1. The molecule has 1 aromatic rings. The molecular formula is C14H19NOS. The number of carbonyl (C=O) groups is 1. The van der Waals surface area contributed by atoms with Gasteiger partial charge in [0.25, 0.3) is 0 Å². The molecule has 0 spiro atoms. The Hall–Kier alpha value is -0.960. The van der Waals surface area contributed by atoms with Gasteiger partial charge < -0.3 is 5.32 Å². The third kappa shape index (κ3) is 3.03. The van der Waals surface area contributed by atoms with Gasteiger partial charge in [-0.15, -0.1) is 0 Å². The van der Waals surface area contributed by atoms with Crippen molar-refractivity contribution in [1.82, 2.24) is 0 Å². The highest BCUT2D eigenvalue weighted by atomic mass is 32.2. The Morgan fingerprint density at radius 2 is 2.24 bits per heavy atom. The number of hydrogen-bond acceptors (Lipinski definition) is 2. The first kappa shape index (κ1) is 12.5. The lowest BCUT2D eigenvalue weighted by Crippen LogP contribution is -2.27. The largest absolute Gasteiger partial charge is 0.326 e. The molecule has 2 nitrogen and oxygen atoms in total. The van der Waals surface area contributed by atoms with Crippen LogP contribution in [0.1, 0.15) is 24.0 Å². The maximum atomic E-state index is 12.1. The zero-order valence-electron chi connectivity index (χ0n) is 10.5. The summed E-state index contributed by atoms with van der Waals surface area (Å²) in [7, 11) is 0. The van der Waals surface area contributed by atoms with E-state index in [0.717, 1.165) is 24.3 Å². The Balaban J connectivity index is 2.04. The highest BCUT2D eigenvalue weighted by molar-refractivity contribution is 7.99. The van der Waals surface area contributed by atoms with Crippen molar-refractivity contribution in [2.24, 2.45) is 5.92 Å². The predicted octanol–water partition coefficient (Wildman–Crippen LogP) is 3.39. The summed E-state index contributed by atoms with van der Waals surface area (Å²) in [6.07, 6.45) is 2.19. The molecule has 1 aromatic carbocycles. The van der Waals surface area contributed by atoms with E-state index in [1.54, 1.807) is 0 Å². The number of rotatable bonds is 2. The Bertz CT molecular complexity index is 411. The molecule has 1 amide bonds. The minimum Gasteiger partial charge on any atom is -0.326 e. The van der Waals surface area contributed by atoms with Gasteiger partial charge in [0.05, 0.1) is 0 Å². The molecule has 0 radical (unpaired) electrons. The zero-order valence-corrected chi connectivity index (χ0v) is 11.3. The van der Waals surface area contributed by atoms with Crippen molar-refractivity contribution in [3.63, 3.8) is 0 Å². The minimum absolute atomic E-state index is 0.186. The maximum absolute atomic E-state index is 12.1. The van der Waals surface area contributed by atoms with E-state index in [0.29, 0.717) is 0 Å². The van der Waals surface area contributed by atoms with E-state index in [4.69, 9.17) is 0 Å². The monoisotopic (exact) mass is 249 g/mol. The van der Waals surface area contributed by atoms with Gasteiger partial charge >= 0.3 is 0 Å². The quantitative estimate of drug-likeness (QED) is 0.870. The first-order valence-electron chi connectivity index (χ1n) is 6.13. The molecule has 2 rings (SSSR count). The first-order valence-corrected chi connectivity index (χ1v) is 7.29. The summed E-state index contributed by atoms with van der Waals surface area (Å²) in [5, 5.41) is 3.07. The normalized spacial score (nSPS) is 20.0. The van der Waals surface area contributed by atoms with Crippen LogP contribution in [0.5, 0.6) is 0 Å². The average Bonchev–Trinajstić information content (AvgIpc) is 2.36. The third-order valence-electron chi connectivity index (χ3n) is 3.39. The van der Waals surface area contributed by atoms with Gasteiger partial charge in [0.15, 0.2) is 0 Å². The van der Waals surface area contributed by atoms with Crippen LogP contribution in [0.3, 0.4) is 0 Å². The fourth-order valence-electron chi connectivity index (χ4n) is 2.07. The topological polar surface area (TPSA) is 29.1 Å². The Morgan fingerprint density at radius 3 is 2.94 bits per heavy atom. The van der Waals surface area contributed by atoms with Crippen LogP contribution >= 0.6 is 11.8 Å². The van der Waals surface area contributed by atoms with Crippen molar-refractivity contribution in [3.8, 4) is 0 Å². The van der Waals surface area contributed by atoms with Crippen LogP contribution in [0.15, 0.2) is 18.2 Å². The molecule has 1 heterocycles. The van der Waals surface area contributed by atoms with Crippen LogP contribution in [0.2, 0.25) is 0 Å². The van der Waals surface area contributed by atoms with Gasteiger partial charge in [-0.05, 0) is 49.6 Å². The summed E-state index contributed by atoms with van der Waals surface area (Å²) < 4.78 is 0. The molecule has 1 N–H and O–H groups in total. The number of thioether (sulfide) groups is 1. The van der Waals surface area contributed by atoms with Gasteiger partial charge in [-0.3, -0.25) is 4.79 Å². The summed E-state index contributed by atoms with van der Waals surface area (Å²) in [5.41, 5.74) is 3.36. The van der Waals surface area contributed by atoms with Crippen LogP contribution in [0.4, 0.5) is 5.69 Å². The molecule has 1 aliphatic rings. The van der Waals surface area contributed by atoms with Crippen LogP contribution in [-0.2, 0) is 4.79 Å². The van der Waals surface area contributed by atoms with Gasteiger partial charge in [-0.2, -0.15) is 11.8 Å². The van der Waals surface area contributed by atoms with Crippen molar-refractivity contribution in [3.05, 3.63) is 29.3 Å². The van der Waals surface area contributed by atoms with E-state index < -0.39 is 0 Å². The number of amides is 1. The van der Waals surface area contributed by atoms with Gasteiger partial charge in [-0.25, -0.2) is 0 Å². The fraction of sp³-hybridized carbons (Fsp3) is 0.500. The SMILES string of the molecule is Cc1cccc(NC(=O)C2CCCSC2)c1C. The van der Waals surface area contributed by atoms with Crippen LogP contribution in [0.25, 0.3) is 0 Å². The van der Waals surface area contributed by atoms with Gasteiger partial charge in [0.1, 0.15) is 0 Å². The highest BCUT2D eigenvalue weighted by Gasteiger charge is 2.21. The number of carbonyl (C=O) groups excluding carboxylic acids is 1. The van der Waals surface area contributed by atoms with Crippen molar-refractivity contribution >= 4 is 23.4 Å². The third-order valence-corrected chi connectivity index (χ3v) is 4.61. The predicted molar refractivity (Wildman–Crippen MR) is 74.6 cm³/mol. The molecule has 1 atom stereocenters. The van der Waals surface area contributed by atoms with E-state index in [2.05, 4.69) is 25.2 Å². The van der Waals surface area contributed by atoms with Crippen molar-refractivity contribution in [2.45, 2.75) is 26.7 Å². The number of benzene rings is 1. The van der Waals surface area contributed by atoms with Crippen LogP contribution < -0.4 is 5.32 Å². The first-order chi connectivity index (χ1) is 8.18. The molecular weight excluding hydrogens is 230 g/mol. The Labute approximate surface area is 107 Å². The van der Waals surface area contributed by atoms with Gasteiger partial charge in [0, 0.05) is 17.4 Å². The molecule has 0 bridgehead atoms. The summed E-state index contributed by atoms with van der Waals surface area (Å²) in [6, 6.07) is 6.05. The average molecular weight is 249 g/mol. The molecule has 0 saturated carbocycles. The summed E-state index contributed by atoms with van der Waals surface area (Å²) in [4.78, 5) is 12.1. The lowest BCUT2D eigenvalue weighted by molar-refractivity contribution is -0.119. The second kappa shape index (κ2) is 5.58. The molecule has 1 unspecified atom stereocenters. The van der Waals surface area contributed by atoms with Gasteiger partial charge in [-0.1, -0.05) is 12.1 Å². The molecule has 3 heteroatoms. The van der Waals surface area contributed by atoms with Gasteiger partial charge in [0.2, 0.25) is 5.91 Å². The smallest absolute Gasteiger partial charge is 0.228 e. The van der Waals surface area contributed by atoms with E-state index >= 15 is 0 Å². The lowest BCUT2D eigenvalue weighted by Gasteiger charge is -2.21. The van der Waals surface area contributed by atoms with Crippen LogP contribution in [0, 0.1) is 19.8 Å². The molecule has 17 heavy (non-hydrogen) atoms. The Morgan fingerprint density at radius 1 is 1.41 bits per heavy atom. The highest BCUT2D eigenvalue weighted by Crippen LogP contribution is 2.25. The zero-order chi connectivity index (χ0) is 12.3. The second-order valence-corrected chi connectivity index (χ2v) is 5.80. The summed E-state index contributed by atoms with van der Waals surface area (Å²) in [5.74, 6) is 2.55. The number of hydrogen-bond donors (Lipinski definition) is 1. The minimum atomic E-state index is 0.186. The second-order valence-electron chi connectivity index (χ2n) is 4.65. The summed E-state index contributed by atoms with van der Waals surface area (Å²) >= 11 is 1.89.